The zero-order valence-corrected chi connectivity index (χ0v) is 8.30. The van der Waals surface area contributed by atoms with Crippen LogP contribution in [-0.4, -0.2) is 0 Å². The van der Waals surface area contributed by atoms with Crippen LogP contribution in [0.2, 0.25) is 5.02 Å². The van der Waals surface area contributed by atoms with Crippen molar-refractivity contribution in [3.8, 4) is 0 Å². The van der Waals surface area contributed by atoms with Crippen molar-refractivity contribution in [3.63, 3.8) is 0 Å². The summed E-state index contributed by atoms with van der Waals surface area (Å²) in [6.07, 6.45) is -4.38. The molecule has 0 aliphatic carbocycles. The molecule has 0 fully saturated rings. The van der Waals surface area contributed by atoms with Gasteiger partial charge in [0.2, 0.25) is 0 Å². The SMILES string of the molecule is Cl.NNc1ccc(C(F)(F)F)cc1Cl. The number of hydrazine groups is 1. The minimum Gasteiger partial charge on any atom is -0.323 e. The lowest BCUT2D eigenvalue weighted by Gasteiger charge is -2.08. The molecule has 0 unspecified atom stereocenters. The number of benzene rings is 1. The highest BCUT2D eigenvalue weighted by molar-refractivity contribution is 6.33. The van der Waals surface area contributed by atoms with E-state index >= 15 is 0 Å². The number of hydrogen-bond acceptors (Lipinski definition) is 2. The van der Waals surface area contributed by atoms with E-state index in [0.29, 0.717) is 0 Å². The highest BCUT2D eigenvalue weighted by Crippen LogP contribution is 2.33. The first-order valence-corrected chi connectivity index (χ1v) is 3.66. The number of alkyl halides is 3. The normalized spacial score (nSPS) is 10.6. The van der Waals surface area contributed by atoms with Crippen LogP contribution in [0.5, 0.6) is 0 Å². The van der Waals surface area contributed by atoms with Crippen LogP contribution in [0.15, 0.2) is 18.2 Å². The van der Waals surface area contributed by atoms with Crippen molar-refractivity contribution in [2.75, 3.05) is 5.43 Å². The van der Waals surface area contributed by atoms with Crippen LogP contribution >= 0.6 is 24.0 Å². The number of rotatable bonds is 1. The molecule has 1 aromatic carbocycles. The van der Waals surface area contributed by atoms with Gasteiger partial charge in [-0.15, -0.1) is 12.4 Å². The van der Waals surface area contributed by atoms with Crippen molar-refractivity contribution < 1.29 is 13.2 Å². The number of nitrogen functional groups attached to an aromatic ring is 1. The van der Waals surface area contributed by atoms with Gasteiger partial charge in [-0.05, 0) is 18.2 Å². The van der Waals surface area contributed by atoms with Crippen molar-refractivity contribution >= 4 is 29.7 Å². The molecule has 0 bridgehead atoms. The molecule has 0 spiro atoms. The summed E-state index contributed by atoms with van der Waals surface area (Å²) in [6, 6.07) is 2.89. The third kappa shape index (κ3) is 2.94. The second-order valence-corrected chi connectivity index (χ2v) is 2.74. The number of nitrogens with two attached hydrogens (primary N) is 1. The first-order chi connectivity index (χ1) is 5.95. The minimum atomic E-state index is -4.38. The van der Waals surface area contributed by atoms with Gasteiger partial charge < -0.3 is 5.43 Å². The Hall–Kier alpha value is -0.650. The van der Waals surface area contributed by atoms with E-state index in [9.17, 15) is 13.2 Å². The molecule has 14 heavy (non-hydrogen) atoms. The van der Waals surface area contributed by atoms with Gasteiger partial charge in [-0.25, -0.2) is 0 Å². The molecule has 0 heterocycles. The summed E-state index contributed by atoms with van der Waals surface area (Å²) in [4.78, 5) is 0. The second-order valence-electron chi connectivity index (χ2n) is 2.34. The molecule has 0 saturated heterocycles. The molecule has 1 rings (SSSR count). The van der Waals surface area contributed by atoms with Crippen LogP contribution < -0.4 is 11.3 Å². The van der Waals surface area contributed by atoms with E-state index in [4.69, 9.17) is 17.4 Å². The van der Waals surface area contributed by atoms with E-state index < -0.39 is 11.7 Å². The van der Waals surface area contributed by atoms with Gasteiger partial charge in [0.05, 0.1) is 16.3 Å². The van der Waals surface area contributed by atoms with Crippen molar-refractivity contribution in [1.82, 2.24) is 0 Å². The Bertz CT molecular complexity index is 314. The van der Waals surface area contributed by atoms with Crippen molar-refractivity contribution in [1.29, 1.82) is 0 Å². The Morgan fingerprint density at radius 2 is 1.86 bits per heavy atom. The Morgan fingerprint density at radius 1 is 1.29 bits per heavy atom. The molecule has 7 heteroatoms. The highest BCUT2D eigenvalue weighted by atomic mass is 35.5. The third-order valence-corrected chi connectivity index (χ3v) is 1.76. The zero-order valence-electron chi connectivity index (χ0n) is 6.73. The van der Waals surface area contributed by atoms with Gasteiger partial charge in [0, 0.05) is 0 Å². The molecule has 0 aliphatic heterocycles. The maximum absolute atomic E-state index is 12.1. The lowest BCUT2D eigenvalue weighted by Crippen LogP contribution is -2.09. The highest BCUT2D eigenvalue weighted by Gasteiger charge is 2.30. The molecule has 1 aromatic rings. The minimum absolute atomic E-state index is 0. The van der Waals surface area contributed by atoms with Crippen molar-refractivity contribution in [2.45, 2.75) is 6.18 Å². The lowest BCUT2D eigenvalue weighted by molar-refractivity contribution is -0.137. The van der Waals surface area contributed by atoms with Gasteiger partial charge in [0.1, 0.15) is 0 Å². The molecular weight excluding hydrogens is 240 g/mol. The number of hydrogen-bond donors (Lipinski definition) is 2. The smallest absolute Gasteiger partial charge is 0.323 e. The Kier molecular flexibility index (Phi) is 4.51. The maximum Gasteiger partial charge on any atom is 0.416 e. The molecule has 80 valence electrons. The Morgan fingerprint density at radius 3 is 2.21 bits per heavy atom. The molecular formula is C7H7Cl2F3N2. The molecule has 0 saturated carbocycles. The van der Waals surface area contributed by atoms with E-state index in [1.54, 1.807) is 0 Å². The van der Waals surface area contributed by atoms with Crippen LogP contribution in [0.25, 0.3) is 0 Å². The summed E-state index contributed by atoms with van der Waals surface area (Å²) in [5.74, 6) is 4.99. The number of anilines is 1. The number of halogens is 5. The van der Waals surface area contributed by atoms with E-state index in [2.05, 4.69) is 5.43 Å². The van der Waals surface area contributed by atoms with Crippen LogP contribution in [-0.2, 0) is 6.18 Å². The fourth-order valence-corrected chi connectivity index (χ4v) is 1.04. The predicted octanol–water partition coefficient (Wildman–Crippen LogP) is 3.07. The summed E-state index contributed by atoms with van der Waals surface area (Å²) >= 11 is 5.49. The summed E-state index contributed by atoms with van der Waals surface area (Å²) in [5.41, 5.74) is 1.64. The van der Waals surface area contributed by atoms with Gasteiger partial charge in [-0.3, -0.25) is 5.84 Å². The van der Waals surface area contributed by atoms with E-state index in [-0.39, 0.29) is 23.1 Å². The van der Waals surface area contributed by atoms with Gasteiger partial charge in [0.15, 0.2) is 0 Å². The zero-order chi connectivity index (χ0) is 10.1. The topological polar surface area (TPSA) is 38.0 Å². The monoisotopic (exact) mass is 246 g/mol. The lowest BCUT2D eigenvalue weighted by atomic mass is 10.2. The largest absolute Gasteiger partial charge is 0.416 e. The summed E-state index contributed by atoms with van der Waals surface area (Å²) in [6.45, 7) is 0. The van der Waals surface area contributed by atoms with Crippen LogP contribution in [0, 0.1) is 0 Å². The van der Waals surface area contributed by atoms with E-state index in [0.717, 1.165) is 12.1 Å². The summed E-state index contributed by atoms with van der Waals surface area (Å²) in [7, 11) is 0. The van der Waals surface area contributed by atoms with E-state index in [1.807, 2.05) is 0 Å². The Balaban J connectivity index is 0.00000169. The standard InChI is InChI=1S/C7H6ClF3N2.ClH/c8-5-3-4(7(9,10)11)1-2-6(5)13-12;/h1-3,13H,12H2;1H. The van der Waals surface area contributed by atoms with Crippen molar-refractivity contribution in [2.24, 2.45) is 5.84 Å². The van der Waals surface area contributed by atoms with Crippen LogP contribution in [0.1, 0.15) is 5.56 Å². The predicted molar refractivity (Wildman–Crippen MR) is 51.5 cm³/mol. The first-order valence-electron chi connectivity index (χ1n) is 3.28. The van der Waals surface area contributed by atoms with Crippen LogP contribution in [0.4, 0.5) is 18.9 Å². The number of nitrogens with one attached hydrogen (secondary N) is 1. The quantitative estimate of drug-likeness (QED) is 0.591. The summed E-state index contributed by atoms with van der Waals surface area (Å²) in [5, 5.41) is -0.0580. The third-order valence-electron chi connectivity index (χ3n) is 1.45. The fourth-order valence-electron chi connectivity index (χ4n) is 0.808. The van der Waals surface area contributed by atoms with Crippen molar-refractivity contribution in [3.05, 3.63) is 28.8 Å². The average Bonchev–Trinajstić information content (AvgIpc) is 2.02. The fraction of sp³-hybridized carbons (Fsp3) is 0.143. The molecule has 0 aliphatic rings. The molecule has 2 nitrogen and oxygen atoms in total. The molecule has 3 N–H and O–H groups in total. The molecule has 0 aromatic heterocycles. The summed E-state index contributed by atoms with van der Waals surface area (Å²) < 4.78 is 36.3. The van der Waals surface area contributed by atoms with Gasteiger partial charge in [-0.1, -0.05) is 11.6 Å². The molecule has 0 amide bonds. The van der Waals surface area contributed by atoms with Crippen LogP contribution in [0.3, 0.4) is 0 Å². The maximum atomic E-state index is 12.1. The van der Waals surface area contributed by atoms with Gasteiger partial charge in [0.25, 0.3) is 0 Å². The molecule has 0 atom stereocenters. The Labute approximate surface area is 89.6 Å². The van der Waals surface area contributed by atoms with E-state index in [1.165, 1.54) is 6.07 Å². The van der Waals surface area contributed by atoms with Gasteiger partial charge >= 0.3 is 6.18 Å². The average molecular weight is 247 g/mol. The van der Waals surface area contributed by atoms with Gasteiger partial charge in [-0.2, -0.15) is 13.2 Å². The first kappa shape index (κ1) is 13.4. The second kappa shape index (κ2) is 4.72. The molecule has 0 radical (unpaired) electrons.